The summed E-state index contributed by atoms with van der Waals surface area (Å²) in [4.78, 5) is 15.5. The van der Waals surface area contributed by atoms with Crippen molar-refractivity contribution in [1.82, 2.24) is 20.2 Å². The maximum absolute atomic E-state index is 11.6. The molecule has 1 atom stereocenters. The zero-order valence-electron chi connectivity index (χ0n) is 10.1. The number of carbonyl (C=O) groups excluding carboxylic acids is 1. The highest BCUT2D eigenvalue weighted by Gasteiger charge is 2.12. The van der Waals surface area contributed by atoms with Gasteiger partial charge in [-0.1, -0.05) is 6.42 Å². The van der Waals surface area contributed by atoms with E-state index in [1.165, 1.54) is 19.3 Å². The third kappa shape index (κ3) is 4.19. The van der Waals surface area contributed by atoms with E-state index in [9.17, 15) is 4.79 Å². The third-order valence-electron chi connectivity index (χ3n) is 3.11. The van der Waals surface area contributed by atoms with Gasteiger partial charge in [0.15, 0.2) is 0 Å². The quantitative estimate of drug-likeness (QED) is 0.784. The fourth-order valence-electron chi connectivity index (χ4n) is 2.07. The molecule has 0 aliphatic carbocycles. The summed E-state index contributed by atoms with van der Waals surface area (Å²) in [5, 5.41) is 6.39. The molecule has 2 rings (SSSR count). The number of hydrogen-bond acceptors (Lipinski definition) is 3. The molecule has 1 aromatic heterocycles. The van der Waals surface area contributed by atoms with Crippen LogP contribution in [0.25, 0.3) is 0 Å². The van der Waals surface area contributed by atoms with E-state index < -0.39 is 0 Å². The molecule has 0 bridgehead atoms. The lowest BCUT2D eigenvalue weighted by atomic mass is 10.1. The van der Waals surface area contributed by atoms with Crippen molar-refractivity contribution in [2.45, 2.75) is 38.3 Å². The summed E-state index contributed by atoms with van der Waals surface area (Å²) in [6.45, 7) is 2.53. The number of imidazole rings is 1. The summed E-state index contributed by atoms with van der Waals surface area (Å²) in [7, 11) is 0. The molecule has 94 valence electrons. The molecule has 5 nitrogen and oxygen atoms in total. The highest BCUT2D eigenvalue weighted by atomic mass is 16.1. The first-order chi connectivity index (χ1) is 8.34. The lowest BCUT2D eigenvalue weighted by Gasteiger charge is -2.23. The van der Waals surface area contributed by atoms with Crippen molar-refractivity contribution in [1.29, 1.82) is 0 Å². The molecule has 1 saturated heterocycles. The Morgan fingerprint density at radius 3 is 3.18 bits per heavy atom. The monoisotopic (exact) mass is 236 g/mol. The van der Waals surface area contributed by atoms with E-state index in [0.717, 1.165) is 13.1 Å². The maximum Gasteiger partial charge on any atom is 0.221 e. The number of nitrogens with zero attached hydrogens (tertiary/aromatic N) is 2. The molecule has 1 aliphatic rings. The number of rotatable bonds is 5. The Morgan fingerprint density at radius 2 is 2.47 bits per heavy atom. The Labute approximate surface area is 102 Å². The van der Waals surface area contributed by atoms with Crippen LogP contribution in [0.1, 0.15) is 25.7 Å². The lowest BCUT2D eigenvalue weighted by molar-refractivity contribution is -0.121. The van der Waals surface area contributed by atoms with E-state index in [2.05, 4.69) is 15.6 Å². The Kier molecular flexibility index (Phi) is 4.55. The zero-order chi connectivity index (χ0) is 11.9. The number of aryl methyl sites for hydroxylation is 1. The van der Waals surface area contributed by atoms with Crippen molar-refractivity contribution in [3.05, 3.63) is 18.7 Å². The molecule has 1 aliphatic heterocycles. The van der Waals surface area contributed by atoms with Crippen molar-refractivity contribution in [2.24, 2.45) is 0 Å². The normalized spacial score (nSPS) is 20.1. The summed E-state index contributed by atoms with van der Waals surface area (Å²) in [6, 6.07) is 0.459. The number of hydrogen-bond donors (Lipinski definition) is 2. The number of piperidine rings is 1. The van der Waals surface area contributed by atoms with Gasteiger partial charge in [-0.05, 0) is 19.4 Å². The van der Waals surface area contributed by atoms with Crippen molar-refractivity contribution in [3.8, 4) is 0 Å². The molecule has 17 heavy (non-hydrogen) atoms. The highest BCUT2D eigenvalue weighted by Crippen LogP contribution is 2.05. The average molecular weight is 236 g/mol. The van der Waals surface area contributed by atoms with E-state index in [0.29, 0.717) is 19.0 Å². The van der Waals surface area contributed by atoms with Crippen LogP contribution in [-0.2, 0) is 11.3 Å². The van der Waals surface area contributed by atoms with Crippen LogP contribution in [-0.4, -0.2) is 34.6 Å². The minimum absolute atomic E-state index is 0.117. The van der Waals surface area contributed by atoms with E-state index in [1.54, 1.807) is 12.5 Å². The standard InChI is InChI=1S/C12H20N4O/c17-12(4-7-16-8-6-13-10-16)15-9-11-3-1-2-5-14-11/h6,8,10-11,14H,1-5,7,9H2,(H,15,17). The van der Waals surface area contributed by atoms with Crippen molar-refractivity contribution in [3.63, 3.8) is 0 Å². The molecule has 2 N–H and O–H groups in total. The van der Waals surface area contributed by atoms with Crippen LogP contribution in [0, 0.1) is 0 Å². The molecule has 5 heteroatoms. The van der Waals surface area contributed by atoms with Crippen LogP contribution in [0.5, 0.6) is 0 Å². The predicted octanol–water partition coefficient (Wildman–Crippen LogP) is 0.531. The van der Waals surface area contributed by atoms with Crippen LogP contribution in [0.2, 0.25) is 0 Å². The van der Waals surface area contributed by atoms with Gasteiger partial charge in [0.2, 0.25) is 5.91 Å². The third-order valence-corrected chi connectivity index (χ3v) is 3.11. The average Bonchev–Trinajstić information content (AvgIpc) is 2.88. The number of aromatic nitrogens is 2. The number of amides is 1. The van der Waals surface area contributed by atoms with Crippen LogP contribution in [0.15, 0.2) is 18.7 Å². The first-order valence-electron chi connectivity index (χ1n) is 6.30. The molecule has 1 aromatic rings. The molecular formula is C12H20N4O. The van der Waals surface area contributed by atoms with Crippen molar-refractivity contribution >= 4 is 5.91 Å². The summed E-state index contributed by atoms with van der Waals surface area (Å²) in [5.41, 5.74) is 0. The van der Waals surface area contributed by atoms with Gasteiger partial charge in [-0.3, -0.25) is 4.79 Å². The molecule has 2 heterocycles. The Morgan fingerprint density at radius 1 is 1.53 bits per heavy atom. The Bertz CT molecular complexity index is 330. The predicted molar refractivity (Wildman–Crippen MR) is 65.5 cm³/mol. The molecular weight excluding hydrogens is 216 g/mol. The van der Waals surface area contributed by atoms with E-state index in [1.807, 2.05) is 10.8 Å². The molecule has 0 radical (unpaired) electrons. The zero-order valence-corrected chi connectivity index (χ0v) is 10.1. The Balaban J connectivity index is 1.60. The highest BCUT2D eigenvalue weighted by molar-refractivity contribution is 5.75. The SMILES string of the molecule is O=C(CCn1ccnc1)NCC1CCCCN1. The summed E-state index contributed by atoms with van der Waals surface area (Å²) in [5.74, 6) is 0.117. The smallest absolute Gasteiger partial charge is 0.221 e. The Hall–Kier alpha value is -1.36. The first-order valence-corrected chi connectivity index (χ1v) is 6.30. The van der Waals surface area contributed by atoms with E-state index in [-0.39, 0.29) is 5.91 Å². The topological polar surface area (TPSA) is 59.0 Å². The summed E-state index contributed by atoms with van der Waals surface area (Å²) >= 11 is 0. The second kappa shape index (κ2) is 6.39. The van der Waals surface area contributed by atoms with Gasteiger partial charge in [0, 0.05) is 37.9 Å². The largest absolute Gasteiger partial charge is 0.354 e. The number of carbonyl (C=O) groups is 1. The van der Waals surface area contributed by atoms with Gasteiger partial charge in [-0.25, -0.2) is 4.98 Å². The van der Waals surface area contributed by atoms with E-state index in [4.69, 9.17) is 0 Å². The van der Waals surface area contributed by atoms with Gasteiger partial charge in [-0.15, -0.1) is 0 Å². The maximum atomic E-state index is 11.6. The van der Waals surface area contributed by atoms with Gasteiger partial charge in [0.05, 0.1) is 6.33 Å². The lowest BCUT2D eigenvalue weighted by Crippen LogP contribution is -2.43. The van der Waals surface area contributed by atoms with Gasteiger partial charge in [-0.2, -0.15) is 0 Å². The summed E-state index contributed by atoms with van der Waals surface area (Å²) in [6.07, 6.45) is 9.54. The summed E-state index contributed by atoms with van der Waals surface area (Å²) < 4.78 is 1.92. The van der Waals surface area contributed by atoms with Crippen LogP contribution in [0.4, 0.5) is 0 Å². The number of nitrogens with one attached hydrogen (secondary N) is 2. The van der Waals surface area contributed by atoms with E-state index >= 15 is 0 Å². The minimum Gasteiger partial charge on any atom is -0.354 e. The van der Waals surface area contributed by atoms with Gasteiger partial charge >= 0.3 is 0 Å². The first kappa shape index (κ1) is 12.1. The van der Waals surface area contributed by atoms with Crippen molar-refractivity contribution < 1.29 is 4.79 Å². The molecule has 0 aromatic carbocycles. The van der Waals surface area contributed by atoms with Crippen LogP contribution < -0.4 is 10.6 Å². The van der Waals surface area contributed by atoms with Gasteiger partial charge < -0.3 is 15.2 Å². The fraction of sp³-hybridized carbons (Fsp3) is 0.667. The molecule has 0 spiro atoms. The van der Waals surface area contributed by atoms with Crippen LogP contribution in [0.3, 0.4) is 0 Å². The van der Waals surface area contributed by atoms with Crippen LogP contribution >= 0.6 is 0 Å². The minimum atomic E-state index is 0.117. The fourth-order valence-corrected chi connectivity index (χ4v) is 2.07. The van der Waals surface area contributed by atoms with Gasteiger partial charge in [0.25, 0.3) is 0 Å². The van der Waals surface area contributed by atoms with Gasteiger partial charge in [0.1, 0.15) is 0 Å². The molecule has 1 amide bonds. The molecule has 1 fully saturated rings. The second-order valence-corrected chi connectivity index (χ2v) is 4.50. The van der Waals surface area contributed by atoms with Crippen molar-refractivity contribution in [2.75, 3.05) is 13.1 Å². The molecule has 1 unspecified atom stereocenters. The second-order valence-electron chi connectivity index (χ2n) is 4.50. The molecule has 0 saturated carbocycles.